The van der Waals surface area contributed by atoms with Crippen LogP contribution in [0.2, 0.25) is 0 Å². The van der Waals surface area contributed by atoms with Gasteiger partial charge in [0.25, 0.3) is 0 Å². The van der Waals surface area contributed by atoms with Gasteiger partial charge in [0, 0.05) is 17.8 Å². The lowest BCUT2D eigenvalue weighted by atomic mass is 9.66. The lowest BCUT2D eigenvalue weighted by Crippen LogP contribution is -2.29. The van der Waals surface area contributed by atoms with Crippen molar-refractivity contribution in [2.45, 2.75) is 30.7 Å². The quantitative estimate of drug-likeness (QED) is 0.151. The first-order valence-corrected chi connectivity index (χ1v) is 19.1. The number of fused-ring (bicyclic) bond motifs is 3. The highest BCUT2D eigenvalue weighted by molar-refractivity contribution is 5.89. The predicted molar refractivity (Wildman–Crippen MR) is 227 cm³/mol. The van der Waals surface area contributed by atoms with Crippen LogP contribution in [-0.2, 0) is 5.41 Å². The highest BCUT2D eigenvalue weighted by Crippen LogP contribution is 2.57. The summed E-state index contributed by atoms with van der Waals surface area (Å²) in [6.45, 7) is 0. The van der Waals surface area contributed by atoms with Crippen LogP contribution >= 0.6 is 0 Å². The number of benzene rings is 7. The first-order valence-electron chi connectivity index (χ1n) is 19.1. The molecule has 0 heterocycles. The highest BCUT2D eigenvalue weighted by Gasteiger charge is 2.46. The number of allylic oxidation sites excluding steroid dienone is 5. The summed E-state index contributed by atoms with van der Waals surface area (Å²) in [5.74, 6) is 6.47. The zero-order valence-electron chi connectivity index (χ0n) is 30.1. The van der Waals surface area contributed by atoms with E-state index in [1.54, 1.807) is 0 Å². The summed E-state index contributed by atoms with van der Waals surface area (Å²) in [4.78, 5) is 2.42. The van der Waals surface area contributed by atoms with E-state index in [-0.39, 0.29) is 11.5 Å². The number of hydrogen-bond donors (Lipinski definition) is 0. The van der Waals surface area contributed by atoms with Crippen molar-refractivity contribution in [1.82, 2.24) is 0 Å². The number of hydrogen-bond acceptors (Lipinski definition) is 1. The molecule has 0 saturated heterocycles. The SMILES string of the molecule is C1#CCC(N(c2ccc(-c3ccc(C4(c5ccccc5)C5=C(CCC=C5)c5ccccc54)cc3)cc2)c2ccc(-c3ccc4ccccc4c3)cc2)C=C1. The molecule has 10 rings (SSSR count). The summed E-state index contributed by atoms with van der Waals surface area (Å²) in [5.41, 5.74) is 15.1. The van der Waals surface area contributed by atoms with Crippen molar-refractivity contribution < 1.29 is 0 Å². The van der Waals surface area contributed by atoms with E-state index in [0.717, 1.165) is 30.6 Å². The van der Waals surface area contributed by atoms with E-state index >= 15 is 0 Å². The van der Waals surface area contributed by atoms with Crippen LogP contribution in [0.3, 0.4) is 0 Å². The maximum Gasteiger partial charge on any atom is 0.0710 e. The maximum atomic E-state index is 3.33. The predicted octanol–water partition coefficient (Wildman–Crippen LogP) is 13.1. The highest BCUT2D eigenvalue weighted by atomic mass is 15.2. The summed E-state index contributed by atoms with van der Waals surface area (Å²) >= 11 is 0. The van der Waals surface area contributed by atoms with Crippen molar-refractivity contribution in [2.75, 3.05) is 4.90 Å². The first kappa shape index (κ1) is 32.1. The van der Waals surface area contributed by atoms with Gasteiger partial charge in [0.1, 0.15) is 0 Å². The fourth-order valence-electron chi connectivity index (χ4n) is 9.06. The molecule has 0 saturated carbocycles. The summed E-state index contributed by atoms with van der Waals surface area (Å²) in [6.07, 6.45) is 11.9. The molecule has 0 N–H and O–H groups in total. The Morgan fingerprint density at radius 2 is 1.17 bits per heavy atom. The number of nitrogens with zero attached hydrogens (tertiary/aromatic N) is 1. The minimum Gasteiger partial charge on any atom is -0.334 e. The zero-order valence-corrected chi connectivity index (χ0v) is 30.1. The van der Waals surface area contributed by atoms with Gasteiger partial charge in [0.2, 0.25) is 0 Å². The Balaban J connectivity index is 0.984. The molecular formula is C53H39N. The lowest BCUT2D eigenvalue weighted by molar-refractivity contribution is 0.757. The van der Waals surface area contributed by atoms with Crippen molar-refractivity contribution in [3.8, 4) is 34.1 Å². The molecule has 0 aromatic heterocycles. The van der Waals surface area contributed by atoms with E-state index in [1.807, 2.05) is 6.08 Å². The fourth-order valence-corrected chi connectivity index (χ4v) is 9.06. The monoisotopic (exact) mass is 689 g/mol. The zero-order chi connectivity index (χ0) is 35.9. The standard InChI is InChI=1S/C53H39N/c1-3-15-44(16-4-1)53(51-21-11-9-19-49(51)50-20-10-12-22-52(50)53)45-31-25-39(26-32-45)40-27-33-47(34-28-40)54(46-17-5-2-6-18-46)48-35-29-41(30-36-48)43-24-23-38-13-7-8-14-42(38)37-43/h1,3-5,7-9,11-17,19,21-37,46H,10,18,20H2. The summed E-state index contributed by atoms with van der Waals surface area (Å²) < 4.78 is 0. The van der Waals surface area contributed by atoms with Crippen LogP contribution in [-0.4, -0.2) is 6.04 Å². The molecule has 0 aliphatic heterocycles. The fraction of sp³-hybridized carbons (Fsp3) is 0.0943. The van der Waals surface area contributed by atoms with Gasteiger partial charge in [0.15, 0.2) is 0 Å². The van der Waals surface area contributed by atoms with Gasteiger partial charge in [-0.15, -0.1) is 0 Å². The third kappa shape index (κ3) is 5.34. The van der Waals surface area contributed by atoms with Gasteiger partial charge < -0.3 is 4.90 Å². The Hall–Kier alpha value is -6.62. The van der Waals surface area contributed by atoms with Crippen LogP contribution in [0, 0.1) is 11.8 Å². The van der Waals surface area contributed by atoms with Gasteiger partial charge >= 0.3 is 0 Å². The normalized spacial score (nSPS) is 18.2. The van der Waals surface area contributed by atoms with Crippen LogP contribution in [0.15, 0.2) is 200 Å². The van der Waals surface area contributed by atoms with Gasteiger partial charge in [0.05, 0.1) is 11.5 Å². The molecule has 0 bridgehead atoms. The Morgan fingerprint density at radius 3 is 1.89 bits per heavy atom. The van der Waals surface area contributed by atoms with E-state index in [2.05, 4.69) is 205 Å². The summed E-state index contributed by atoms with van der Waals surface area (Å²) in [6, 6.07) is 62.9. The van der Waals surface area contributed by atoms with Gasteiger partial charge in [-0.2, -0.15) is 0 Å². The minimum atomic E-state index is -0.340. The Bertz CT molecular complexity index is 2660. The van der Waals surface area contributed by atoms with E-state index in [1.165, 1.54) is 66.4 Å². The van der Waals surface area contributed by atoms with Gasteiger partial charge in [-0.05, 0) is 116 Å². The van der Waals surface area contributed by atoms with E-state index in [9.17, 15) is 0 Å². The summed E-state index contributed by atoms with van der Waals surface area (Å²) in [5, 5.41) is 2.52. The van der Waals surface area contributed by atoms with Crippen LogP contribution in [0.5, 0.6) is 0 Å². The molecule has 54 heavy (non-hydrogen) atoms. The lowest BCUT2D eigenvalue weighted by Gasteiger charge is -2.35. The van der Waals surface area contributed by atoms with Crippen molar-refractivity contribution in [3.63, 3.8) is 0 Å². The third-order valence-electron chi connectivity index (χ3n) is 11.6. The van der Waals surface area contributed by atoms with Gasteiger partial charge in [-0.25, -0.2) is 0 Å². The molecule has 0 radical (unpaired) electrons. The average Bonchev–Trinajstić information content (AvgIpc) is 3.56. The molecule has 3 aliphatic rings. The third-order valence-corrected chi connectivity index (χ3v) is 11.6. The molecule has 0 fully saturated rings. The van der Waals surface area contributed by atoms with Crippen LogP contribution in [0.25, 0.3) is 38.6 Å². The largest absolute Gasteiger partial charge is 0.334 e. The van der Waals surface area contributed by atoms with E-state index in [4.69, 9.17) is 0 Å². The molecule has 256 valence electrons. The topological polar surface area (TPSA) is 3.24 Å². The minimum absolute atomic E-state index is 0.152. The van der Waals surface area contributed by atoms with E-state index < -0.39 is 0 Å². The van der Waals surface area contributed by atoms with Crippen molar-refractivity contribution >= 4 is 27.7 Å². The van der Waals surface area contributed by atoms with Crippen LogP contribution < -0.4 is 4.90 Å². The Kier molecular flexibility index (Phi) is 7.97. The molecule has 2 atom stereocenters. The summed E-state index contributed by atoms with van der Waals surface area (Å²) in [7, 11) is 0. The molecule has 2 unspecified atom stereocenters. The molecule has 7 aromatic rings. The average molecular weight is 690 g/mol. The Labute approximate surface area is 318 Å². The first-order chi connectivity index (χ1) is 26.8. The second-order valence-corrected chi connectivity index (χ2v) is 14.5. The van der Waals surface area contributed by atoms with Gasteiger partial charge in [-0.1, -0.05) is 170 Å². The van der Waals surface area contributed by atoms with E-state index in [0.29, 0.717) is 0 Å². The molecule has 0 spiro atoms. The number of anilines is 2. The molecule has 1 heteroatoms. The van der Waals surface area contributed by atoms with Gasteiger partial charge in [-0.3, -0.25) is 0 Å². The molecule has 1 nitrogen and oxygen atoms in total. The molecule has 7 aromatic carbocycles. The number of rotatable bonds is 7. The molecule has 0 amide bonds. The second kappa shape index (κ2) is 13.4. The van der Waals surface area contributed by atoms with Crippen LogP contribution in [0.4, 0.5) is 11.4 Å². The van der Waals surface area contributed by atoms with Crippen molar-refractivity contribution in [1.29, 1.82) is 0 Å². The smallest absolute Gasteiger partial charge is 0.0710 e. The maximum absolute atomic E-state index is 3.33. The van der Waals surface area contributed by atoms with Crippen LogP contribution in [0.1, 0.15) is 41.5 Å². The second-order valence-electron chi connectivity index (χ2n) is 14.5. The van der Waals surface area contributed by atoms with Crippen molar-refractivity contribution in [2.24, 2.45) is 0 Å². The molecular weight excluding hydrogens is 651 g/mol. The van der Waals surface area contributed by atoms with Crippen molar-refractivity contribution in [3.05, 3.63) is 222 Å². The Morgan fingerprint density at radius 1 is 0.556 bits per heavy atom. The molecule has 3 aliphatic carbocycles.